The number of nitriles is 1. The summed E-state index contributed by atoms with van der Waals surface area (Å²) in [5.74, 6) is -0.191. The highest BCUT2D eigenvalue weighted by molar-refractivity contribution is 6.30. The Balaban J connectivity index is 1.88. The second-order valence-corrected chi connectivity index (χ2v) is 5.95. The van der Waals surface area contributed by atoms with Crippen LogP contribution in [-0.4, -0.2) is 5.91 Å². The van der Waals surface area contributed by atoms with Crippen LogP contribution in [0.5, 0.6) is 0 Å². The van der Waals surface area contributed by atoms with Gasteiger partial charge in [-0.1, -0.05) is 60.1 Å². The summed E-state index contributed by atoms with van der Waals surface area (Å²) in [6.07, 6.45) is 0. The zero-order valence-corrected chi connectivity index (χ0v) is 14.1. The minimum atomic E-state index is -0.191. The summed E-state index contributed by atoms with van der Waals surface area (Å²) >= 11 is 5.97. The van der Waals surface area contributed by atoms with Crippen LogP contribution in [-0.2, 0) is 6.54 Å². The molecule has 0 aliphatic rings. The number of rotatable bonds is 4. The molecule has 4 heteroatoms. The van der Waals surface area contributed by atoms with E-state index < -0.39 is 0 Å². The molecule has 1 amide bonds. The van der Waals surface area contributed by atoms with E-state index in [1.807, 2.05) is 54.6 Å². The van der Waals surface area contributed by atoms with Crippen LogP contribution in [0.3, 0.4) is 0 Å². The van der Waals surface area contributed by atoms with Crippen LogP contribution in [0.15, 0.2) is 72.8 Å². The molecule has 3 nitrogen and oxygen atoms in total. The van der Waals surface area contributed by atoms with Crippen LogP contribution < -0.4 is 5.32 Å². The Labute approximate surface area is 151 Å². The zero-order valence-electron chi connectivity index (χ0n) is 13.4. The first kappa shape index (κ1) is 16.8. The van der Waals surface area contributed by atoms with Crippen molar-refractivity contribution in [2.75, 3.05) is 0 Å². The number of amides is 1. The Hall–Kier alpha value is -3.09. The Bertz CT molecular complexity index is 960. The lowest BCUT2D eigenvalue weighted by molar-refractivity contribution is 0.0951. The van der Waals surface area contributed by atoms with Gasteiger partial charge in [-0.2, -0.15) is 5.26 Å². The fourth-order valence-corrected chi connectivity index (χ4v) is 2.87. The van der Waals surface area contributed by atoms with E-state index in [2.05, 4.69) is 11.4 Å². The summed E-state index contributed by atoms with van der Waals surface area (Å²) in [4.78, 5) is 12.7. The van der Waals surface area contributed by atoms with Crippen molar-refractivity contribution in [3.63, 3.8) is 0 Å². The summed E-state index contributed by atoms with van der Waals surface area (Å²) in [5, 5.41) is 12.9. The quantitative estimate of drug-likeness (QED) is 0.737. The lowest BCUT2D eigenvalue weighted by atomic mass is 9.95. The monoisotopic (exact) mass is 346 g/mol. The summed E-state index contributed by atoms with van der Waals surface area (Å²) in [6, 6.07) is 24.1. The van der Waals surface area contributed by atoms with Crippen LogP contribution >= 0.6 is 11.6 Å². The number of halogens is 1. The van der Waals surface area contributed by atoms with Gasteiger partial charge >= 0.3 is 0 Å². The van der Waals surface area contributed by atoms with Gasteiger partial charge in [-0.15, -0.1) is 0 Å². The number of hydrogen-bond acceptors (Lipinski definition) is 2. The van der Waals surface area contributed by atoms with Gasteiger partial charge in [-0.25, -0.2) is 0 Å². The fourth-order valence-electron chi connectivity index (χ4n) is 2.66. The minimum Gasteiger partial charge on any atom is -0.348 e. The first-order chi connectivity index (χ1) is 12.2. The second-order valence-electron chi connectivity index (χ2n) is 5.52. The van der Waals surface area contributed by atoms with E-state index in [0.29, 0.717) is 22.7 Å². The molecule has 0 atom stereocenters. The van der Waals surface area contributed by atoms with E-state index in [-0.39, 0.29) is 5.91 Å². The SMILES string of the molecule is N#Cc1ccccc1-c1ccccc1C(=O)NCc1cccc(Cl)c1. The molecule has 0 saturated heterocycles. The van der Waals surface area contributed by atoms with Gasteiger partial charge in [-0.05, 0) is 35.4 Å². The summed E-state index contributed by atoms with van der Waals surface area (Å²) in [7, 11) is 0. The lowest BCUT2D eigenvalue weighted by Gasteiger charge is -2.11. The van der Waals surface area contributed by atoms with Gasteiger partial charge in [0.15, 0.2) is 0 Å². The molecule has 25 heavy (non-hydrogen) atoms. The number of hydrogen-bond donors (Lipinski definition) is 1. The molecule has 0 saturated carbocycles. The van der Waals surface area contributed by atoms with Gasteiger partial charge in [-0.3, -0.25) is 4.79 Å². The van der Waals surface area contributed by atoms with Crippen LogP contribution in [0.2, 0.25) is 5.02 Å². The van der Waals surface area contributed by atoms with Crippen molar-refractivity contribution < 1.29 is 4.79 Å². The average molecular weight is 347 g/mol. The molecule has 3 aromatic rings. The van der Waals surface area contributed by atoms with Crippen molar-refractivity contribution in [1.82, 2.24) is 5.32 Å². The highest BCUT2D eigenvalue weighted by Crippen LogP contribution is 2.26. The zero-order chi connectivity index (χ0) is 17.6. The number of nitrogens with one attached hydrogen (secondary N) is 1. The summed E-state index contributed by atoms with van der Waals surface area (Å²) < 4.78 is 0. The van der Waals surface area contributed by atoms with Gasteiger partial charge in [0.1, 0.15) is 0 Å². The molecule has 0 spiro atoms. The lowest BCUT2D eigenvalue weighted by Crippen LogP contribution is -2.23. The number of carbonyl (C=O) groups excluding carboxylic acids is 1. The molecule has 0 radical (unpaired) electrons. The first-order valence-electron chi connectivity index (χ1n) is 7.80. The van der Waals surface area contributed by atoms with Crippen molar-refractivity contribution in [2.24, 2.45) is 0 Å². The molecule has 3 rings (SSSR count). The van der Waals surface area contributed by atoms with E-state index >= 15 is 0 Å². The third-order valence-corrected chi connectivity index (χ3v) is 4.09. The fraction of sp³-hybridized carbons (Fsp3) is 0.0476. The predicted octanol–water partition coefficient (Wildman–Crippen LogP) is 4.81. The van der Waals surface area contributed by atoms with Crippen LogP contribution in [0, 0.1) is 11.3 Å². The Morgan fingerprint density at radius 1 is 0.960 bits per heavy atom. The van der Waals surface area contributed by atoms with E-state index in [4.69, 9.17) is 11.6 Å². The molecule has 0 aliphatic carbocycles. The number of nitrogens with zero attached hydrogens (tertiary/aromatic N) is 1. The highest BCUT2D eigenvalue weighted by atomic mass is 35.5. The molecule has 0 bridgehead atoms. The molecular weight excluding hydrogens is 332 g/mol. The number of carbonyl (C=O) groups is 1. The summed E-state index contributed by atoms with van der Waals surface area (Å²) in [6.45, 7) is 0.383. The third kappa shape index (κ3) is 3.88. The van der Waals surface area contributed by atoms with Gasteiger partial charge in [0.05, 0.1) is 11.6 Å². The molecule has 0 unspecified atom stereocenters. The van der Waals surface area contributed by atoms with E-state index in [0.717, 1.165) is 16.7 Å². The second kappa shape index (κ2) is 7.65. The molecule has 3 aromatic carbocycles. The van der Waals surface area contributed by atoms with E-state index in [1.54, 1.807) is 18.2 Å². The Kier molecular flexibility index (Phi) is 5.13. The molecule has 0 heterocycles. The van der Waals surface area contributed by atoms with Crippen molar-refractivity contribution in [3.8, 4) is 17.2 Å². The van der Waals surface area contributed by atoms with Gasteiger partial charge < -0.3 is 5.32 Å². The van der Waals surface area contributed by atoms with E-state index in [9.17, 15) is 10.1 Å². The number of benzene rings is 3. The van der Waals surface area contributed by atoms with Gasteiger partial charge in [0.25, 0.3) is 5.91 Å². The Morgan fingerprint density at radius 3 is 2.44 bits per heavy atom. The van der Waals surface area contributed by atoms with Crippen LogP contribution in [0.1, 0.15) is 21.5 Å². The van der Waals surface area contributed by atoms with Crippen molar-refractivity contribution in [3.05, 3.63) is 94.5 Å². The predicted molar refractivity (Wildman–Crippen MR) is 99.2 cm³/mol. The summed E-state index contributed by atoms with van der Waals surface area (Å²) in [5.41, 5.74) is 3.49. The van der Waals surface area contributed by atoms with Gasteiger partial charge in [0, 0.05) is 22.7 Å². The van der Waals surface area contributed by atoms with Crippen molar-refractivity contribution in [2.45, 2.75) is 6.54 Å². The maximum Gasteiger partial charge on any atom is 0.252 e. The molecular formula is C21H15ClN2O. The normalized spacial score (nSPS) is 10.1. The molecule has 0 aromatic heterocycles. The first-order valence-corrected chi connectivity index (χ1v) is 8.18. The maximum absolute atomic E-state index is 12.7. The smallest absolute Gasteiger partial charge is 0.252 e. The third-order valence-electron chi connectivity index (χ3n) is 3.85. The standard InChI is InChI=1S/C21H15ClN2O/c22-17-8-5-6-15(12-17)14-24-21(25)20-11-4-3-10-19(20)18-9-2-1-7-16(18)13-23/h1-12H,14H2,(H,24,25). The molecule has 0 aliphatic heterocycles. The highest BCUT2D eigenvalue weighted by Gasteiger charge is 2.14. The Morgan fingerprint density at radius 2 is 1.68 bits per heavy atom. The van der Waals surface area contributed by atoms with Gasteiger partial charge in [0.2, 0.25) is 0 Å². The molecule has 0 fully saturated rings. The van der Waals surface area contributed by atoms with Crippen LogP contribution in [0.25, 0.3) is 11.1 Å². The average Bonchev–Trinajstić information content (AvgIpc) is 2.66. The topological polar surface area (TPSA) is 52.9 Å². The van der Waals surface area contributed by atoms with Crippen molar-refractivity contribution in [1.29, 1.82) is 5.26 Å². The van der Waals surface area contributed by atoms with E-state index in [1.165, 1.54) is 0 Å². The minimum absolute atomic E-state index is 0.191. The van der Waals surface area contributed by atoms with Crippen LogP contribution in [0.4, 0.5) is 0 Å². The molecule has 122 valence electrons. The van der Waals surface area contributed by atoms with Crippen molar-refractivity contribution >= 4 is 17.5 Å². The molecule has 1 N–H and O–H groups in total. The largest absolute Gasteiger partial charge is 0.348 e. The maximum atomic E-state index is 12.7.